The molecule has 0 spiro atoms. The number of carbonyl (C=O) groups excluding carboxylic acids is 1. The van der Waals surface area contributed by atoms with Crippen molar-refractivity contribution in [2.75, 3.05) is 66.1 Å². The zero-order valence-electron chi connectivity index (χ0n) is 21.4. The van der Waals surface area contributed by atoms with Gasteiger partial charge in [0.25, 0.3) is 0 Å². The van der Waals surface area contributed by atoms with Crippen LogP contribution in [-0.2, 0) is 34.9 Å². The summed E-state index contributed by atoms with van der Waals surface area (Å²) in [5.41, 5.74) is 1.38. The SMILES string of the molecule is CCCCCCCCCc1ccc(OCCOCCOCCOCCOCCOC(C)=O)cc1. The lowest BCUT2D eigenvalue weighted by atomic mass is 10.0. The molecule has 0 aliphatic carbocycles. The van der Waals surface area contributed by atoms with Gasteiger partial charge in [0.2, 0.25) is 0 Å². The van der Waals surface area contributed by atoms with E-state index in [4.69, 9.17) is 28.4 Å². The minimum Gasteiger partial charge on any atom is -0.491 e. The molecule has 1 rings (SSSR count). The van der Waals surface area contributed by atoms with Crippen molar-refractivity contribution in [1.82, 2.24) is 0 Å². The summed E-state index contributed by atoms with van der Waals surface area (Å²) in [6.45, 7) is 8.36. The molecule has 0 bridgehead atoms. The molecular weight excluding hydrogens is 436 g/mol. The van der Waals surface area contributed by atoms with Crippen molar-refractivity contribution in [2.24, 2.45) is 0 Å². The highest BCUT2D eigenvalue weighted by atomic mass is 16.6. The van der Waals surface area contributed by atoms with E-state index in [-0.39, 0.29) is 12.6 Å². The summed E-state index contributed by atoms with van der Waals surface area (Å²) in [7, 11) is 0. The smallest absolute Gasteiger partial charge is 0.302 e. The van der Waals surface area contributed by atoms with Crippen LogP contribution >= 0.6 is 0 Å². The molecule has 0 fully saturated rings. The molecule has 0 unspecified atom stereocenters. The van der Waals surface area contributed by atoms with Gasteiger partial charge in [0.05, 0.1) is 52.9 Å². The first-order valence-corrected chi connectivity index (χ1v) is 12.9. The summed E-state index contributed by atoms with van der Waals surface area (Å²) < 4.78 is 32.1. The zero-order chi connectivity index (χ0) is 24.5. The number of hydrogen-bond acceptors (Lipinski definition) is 7. The number of ether oxygens (including phenoxy) is 6. The van der Waals surface area contributed by atoms with Gasteiger partial charge in [0.1, 0.15) is 19.0 Å². The summed E-state index contributed by atoms with van der Waals surface area (Å²) in [6.07, 6.45) is 10.5. The van der Waals surface area contributed by atoms with Crippen LogP contribution < -0.4 is 4.74 Å². The first kappa shape index (κ1) is 30.4. The normalized spacial score (nSPS) is 11.0. The molecule has 0 aliphatic heterocycles. The molecular formula is C27H46O7. The maximum absolute atomic E-state index is 10.6. The Morgan fingerprint density at radius 2 is 1.09 bits per heavy atom. The van der Waals surface area contributed by atoms with Crippen molar-refractivity contribution in [2.45, 2.75) is 65.2 Å². The van der Waals surface area contributed by atoms with Gasteiger partial charge in [-0.2, -0.15) is 0 Å². The second kappa shape index (κ2) is 23.1. The average molecular weight is 483 g/mol. The van der Waals surface area contributed by atoms with Crippen LogP contribution in [0.15, 0.2) is 24.3 Å². The summed E-state index contributed by atoms with van der Waals surface area (Å²) in [6, 6.07) is 8.42. The average Bonchev–Trinajstić information content (AvgIpc) is 2.84. The van der Waals surface area contributed by atoms with Crippen LogP contribution in [0.5, 0.6) is 5.75 Å². The summed E-state index contributed by atoms with van der Waals surface area (Å²) in [5.74, 6) is 0.586. The van der Waals surface area contributed by atoms with Gasteiger partial charge in [-0.1, -0.05) is 57.6 Å². The van der Waals surface area contributed by atoms with Gasteiger partial charge < -0.3 is 28.4 Å². The quantitative estimate of drug-likeness (QED) is 0.152. The molecule has 1 aromatic carbocycles. The maximum atomic E-state index is 10.6. The second-order valence-corrected chi connectivity index (χ2v) is 8.15. The molecule has 7 heteroatoms. The van der Waals surface area contributed by atoms with E-state index in [2.05, 4.69) is 19.1 Å². The van der Waals surface area contributed by atoms with Crippen molar-refractivity contribution >= 4 is 5.97 Å². The minimum absolute atomic E-state index is 0.273. The Kier molecular flexibility index (Phi) is 20.6. The Hall–Kier alpha value is -1.67. The van der Waals surface area contributed by atoms with Gasteiger partial charge in [-0.25, -0.2) is 0 Å². The fraction of sp³-hybridized carbons (Fsp3) is 0.741. The Balaban J connectivity index is 1.84. The van der Waals surface area contributed by atoms with Gasteiger partial charge in [0, 0.05) is 6.92 Å². The molecule has 0 aliphatic rings. The maximum Gasteiger partial charge on any atom is 0.302 e. The van der Waals surface area contributed by atoms with Crippen LogP contribution in [0.25, 0.3) is 0 Å². The third-order valence-electron chi connectivity index (χ3n) is 5.14. The molecule has 0 atom stereocenters. The van der Waals surface area contributed by atoms with Crippen molar-refractivity contribution < 1.29 is 33.2 Å². The highest BCUT2D eigenvalue weighted by molar-refractivity contribution is 5.65. The molecule has 196 valence electrons. The van der Waals surface area contributed by atoms with Crippen LogP contribution in [0.4, 0.5) is 0 Å². The second-order valence-electron chi connectivity index (χ2n) is 8.15. The summed E-state index contributed by atoms with van der Waals surface area (Å²) in [4.78, 5) is 10.6. The van der Waals surface area contributed by atoms with Crippen LogP contribution in [-0.4, -0.2) is 72.0 Å². The molecule has 0 amide bonds. The standard InChI is InChI=1S/C27H46O7/c1-3-4-5-6-7-8-9-10-26-11-13-27(14-12-26)34-24-22-32-20-18-30-16-15-29-17-19-31-21-23-33-25(2)28/h11-14H,3-10,15-24H2,1-2H3. The van der Waals surface area contributed by atoms with Gasteiger partial charge in [-0.05, 0) is 30.5 Å². The third kappa shape index (κ3) is 19.8. The number of unbranched alkanes of at least 4 members (excludes halogenated alkanes) is 6. The Bertz CT molecular complexity index is 577. The van der Waals surface area contributed by atoms with E-state index in [1.807, 2.05) is 12.1 Å². The van der Waals surface area contributed by atoms with E-state index in [0.717, 1.165) is 12.2 Å². The van der Waals surface area contributed by atoms with Crippen molar-refractivity contribution in [3.8, 4) is 5.75 Å². The Morgan fingerprint density at radius 1 is 0.618 bits per heavy atom. The fourth-order valence-corrected chi connectivity index (χ4v) is 3.26. The number of benzene rings is 1. The van der Waals surface area contributed by atoms with E-state index in [9.17, 15) is 4.79 Å². The van der Waals surface area contributed by atoms with Gasteiger partial charge >= 0.3 is 5.97 Å². The largest absolute Gasteiger partial charge is 0.491 e. The predicted octanol–water partition coefficient (Wildman–Crippen LogP) is 4.99. The first-order valence-electron chi connectivity index (χ1n) is 12.9. The topological polar surface area (TPSA) is 72.5 Å². The van der Waals surface area contributed by atoms with Gasteiger partial charge in [-0.15, -0.1) is 0 Å². The Labute approximate surface area is 206 Å². The lowest BCUT2D eigenvalue weighted by molar-refractivity contribution is -0.142. The molecule has 0 aromatic heterocycles. The van der Waals surface area contributed by atoms with Gasteiger partial charge in [-0.3, -0.25) is 4.79 Å². The van der Waals surface area contributed by atoms with Crippen molar-refractivity contribution in [1.29, 1.82) is 0 Å². The Morgan fingerprint density at radius 3 is 1.62 bits per heavy atom. The summed E-state index contributed by atoms with van der Waals surface area (Å²) >= 11 is 0. The number of aryl methyl sites for hydroxylation is 1. The van der Waals surface area contributed by atoms with Crippen LogP contribution in [0, 0.1) is 0 Å². The first-order chi connectivity index (χ1) is 16.7. The molecule has 0 radical (unpaired) electrons. The lowest BCUT2D eigenvalue weighted by Crippen LogP contribution is -2.14. The fourth-order valence-electron chi connectivity index (χ4n) is 3.26. The lowest BCUT2D eigenvalue weighted by Gasteiger charge is -2.09. The third-order valence-corrected chi connectivity index (χ3v) is 5.14. The van der Waals surface area contributed by atoms with E-state index >= 15 is 0 Å². The number of hydrogen-bond donors (Lipinski definition) is 0. The van der Waals surface area contributed by atoms with Crippen LogP contribution in [0.3, 0.4) is 0 Å². The van der Waals surface area contributed by atoms with E-state index in [0.29, 0.717) is 59.5 Å². The van der Waals surface area contributed by atoms with Crippen LogP contribution in [0.1, 0.15) is 64.4 Å². The molecule has 0 N–H and O–H groups in total. The highest BCUT2D eigenvalue weighted by Crippen LogP contribution is 2.15. The molecule has 0 saturated carbocycles. The van der Waals surface area contributed by atoms with Crippen molar-refractivity contribution in [3.63, 3.8) is 0 Å². The van der Waals surface area contributed by atoms with E-state index in [1.54, 1.807) is 0 Å². The number of carbonyl (C=O) groups is 1. The number of rotatable bonds is 24. The van der Waals surface area contributed by atoms with Crippen molar-refractivity contribution in [3.05, 3.63) is 29.8 Å². The zero-order valence-corrected chi connectivity index (χ0v) is 21.4. The number of esters is 1. The predicted molar refractivity (Wildman–Crippen MR) is 134 cm³/mol. The summed E-state index contributed by atoms with van der Waals surface area (Å²) in [5, 5.41) is 0. The van der Waals surface area contributed by atoms with E-state index < -0.39 is 0 Å². The molecule has 0 saturated heterocycles. The molecule has 1 aromatic rings. The molecule has 0 heterocycles. The van der Waals surface area contributed by atoms with Gasteiger partial charge in [0.15, 0.2) is 0 Å². The molecule has 7 nitrogen and oxygen atoms in total. The monoisotopic (exact) mass is 482 g/mol. The van der Waals surface area contributed by atoms with Crippen LogP contribution in [0.2, 0.25) is 0 Å². The molecule has 34 heavy (non-hydrogen) atoms. The minimum atomic E-state index is -0.299. The highest BCUT2D eigenvalue weighted by Gasteiger charge is 1.98. The van der Waals surface area contributed by atoms with E-state index in [1.165, 1.54) is 57.4 Å².